The molecule has 9 nitrogen and oxygen atoms in total. The molecule has 0 aromatic carbocycles. The zero-order valence-electron chi connectivity index (χ0n) is 15.7. The monoisotopic (exact) mass is 388 g/mol. The molecule has 0 aliphatic carbocycles. The molecule has 1 saturated heterocycles. The second kappa shape index (κ2) is 7.19. The van der Waals surface area contributed by atoms with Gasteiger partial charge in [0.25, 0.3) is 0 Å². The molecule has 4 aliphatic heterocycles. The van der Waals surface area contributed by atoms with Gasteiger partial charge in [0.1, 0.15) is 17.8 Å². The van der Waals surface area contributed by atoms with Crippen LogP contribution >= 0.6 is 0 Å². The maximum atomic E-state index is 14.4. The highest BCUT2D eigenvalue weighted by molar-refractivity contribution is 5.90. The highest BCUT2D eigenvalue weighted by atomic mass is 19.1. The van der Waals surface area contributed by atoms with Crippen LogP contribution in [0.15, 0.2) is 52.0 Å². The Hall–Kier alpha value is -3.01. The number of allylic oxidation sites excluding steroid dienone is 2. The molecule has 0 aromatic heterocycles. The summed E-state index contributed by atoms with van der Waals surface area (Å²) < 4.78 is 14.4. The lowest BCUT2D eigenvalue weighted by molar-refractivity contribution is 0.208. The summed E-state index contributed by atoms with van der Waals surface area (Å²) in [6.07, 6.45) is 8.06. The van der Waals surface area contributed by atoms with E-state index in [9.17, 15) is 9.18 Å². The molecule has 0 radical (unpaired) electrons. The number of hydrogen-bond donors (Lipinski definition) is 6. The van der Waals surface area contributed by atoms with E-state index in [1.807, 2.05) is 18.4 Å². The van der Waals surface area contributed by atoms with Gasteiger partial charge in [0, 0.05) is 44.0 Å². The number of carbonyl (C=O) groups is 1. The third-order valence-corrected chi connectivity index (χ3v) is 5.30. The average molecular weight is 388 g/mol. The van der Waals surface area contributed by atoms with Gasteiger partial charge in [-0.1, -0.05) is 6.08 Å². The van der Waals surface area contributed by atoms with Crippen molar-refractivity contribution in [2.75, 3.05) is 33.2 Å². The number of nitrogens with zero attached hydrogens (tertiary/aromatic N) is 2. The Morgan fingerprint density at radius 1 is 1.54 bits per heavy atom. The number of dihydropyridines is 1. The van der Waals surface area contributed by atoms with E-state index in [4.69, 9.17) is 5.73 Å². The number of hydrogen-bond acceptors (Lipinski definition) is 7. The fraction of sp³-hybridized carbons (Fsp3) is 0.444. The second-order valence-electron chi connectivity index (χ2n) is 7.32. The molecular formula is C18H25FN8O. The Labute approximate surface area is 162 Å². The van der Waals surface area contributed by atoms with Crippen molar-refractivity contribution in [3.63, 3.8) is 0 Å². The summed E-state index contributed by atoms with van der Waals surface area (Å²) in [6.45, 7) is 1.42. The highest BCUT2D eigenvalue weighted by Crippen LogP contribution is 2.26. The zero-order valence-corrected chi connectivity index (χ0v) is 15.7. The van der Waals surface area contributed by atoms with Gasteiger partial charge in [-0.25, -0.2) is 9.18 Å². The molecule has 7 N–H and O–H groups in total. The number of amides is 2. The minimum Gasteiger partial charge on any atom is -0.367 e. The summed E-state index contributed by atoms with van der Waals surface area (Å²) in [7, 11) is 1.59. The molecule has 1 fully saturated rings. The quantitative estimate of drug-likeness (QED) is 0.381. The highest BCUT2D eigenvalue weighted by Gasteiger charge is 2.37. The van der Waals surface area contributed by atoms with E-state index in [1.54, 1.807) is 18.2 Å². The third-order valence-electron chi connectivity index (χ3n) is 5.30. The molecule has 0 spiro atoms. The van der Waals surface area contributed by atoms with Crippen LogP contribution in [0.4, 0.5) is 9.18 Å². The molecule has 0 saturated carbocycles. The molecule has 1 unspecified atom stereocenters. The summed E-state index contributed by atoms with van der Waals surface area (Å²) in [5.74, 6) is 0.667. The smallest absolute Gasteiger partial charge is 0.317 e. The largest absolute Gasteiger partial charge is 0.367 e. The molecule has 4 aliphatic rings. The van der Waals surface area contributed by atoms with Crippen LogP contribution in [-0.2, 0) is 0 Å². The lowest BCUT2D eigenvalue weighted by Crippen LogP contribution is -2.53. The molecule has 0 bridgehead atoms. The van der Waals surface area contributed by atoms with Crippen LogP contribution in [0, 0.1) is 0 Å². The molecule has 4 heterocycles. The third kappa shape index (κ3) is 3.42. The van der Waals surface area contributed by atoms with Crippen molar-refractivity contribution in [3.05, 3.63) is 47.0 Å². The minimum absolute atomic E-state index is 0.0746. The van der Waals surface area contributed by atoms with E-state index in [-0.39, 0.29) is 24.6 Å². The van der Waals surface area contributed by atoms with Crippen LogP contribution in [0.2, 0.25) is 0 Å². The van der Waals surface area contributed by atoms with E-state index >= 15 is 0 Å². The Morgan fingerprint density at radius 3 is 3.21 bits per heavy atom. The molecule has 4 rings (SSSR count). The number of aliphatic imine (C=N–C) groups is 1. The molecule has 10 heteroatoms. The SMILES string of the molecule is CNC(=O)N1CC[C@](N)(CNC2=C(F)CNC(=C3C=NC4NC=CC=C34)N2)C1. The zero-order chi connectivity index (χ0) is 19.7. The topological polar surface area (TPSA) is 119 Å². The lowest BCUT2D eigenvalue weighted by atomic mass is 10.0. The van der Waals surface area contributed by atoms with Crippen molar-refractivity contribution >= 4 is 12.2 Å². The standard InChI is InChI=1S/C18H25FN8O/c1-21-17(28)27-6-4-18(20,10-27)9-25-16-13(19)8-24-15(26-16)12-7-23-14-11(12)3-2-5-22-14/h2-3,5,7,14,22,24-26H,4,6,8-10,20H2,1H3,(H,21,28)/t14?,18-/m0/s1. The molecule has 2 atom stereocenters. The Morgan fingerprint density at radius 2 is 2.39 bits per heavy atom. The van der Waals surface area contributed by atoms with Crippen molar-refractivity contribution in [2.45, 2.75) is 18.1 Å². The van der Waals surface area contributed by atoms with Gasteiger partial charge in [-0.2, -0.15) is 0 Å². The van der Waals surface area contributed by atoms with Crippen molar-refractivity contribution in [2.24, 2.45) is 10.7 Å². The van der Waals surface area contributed by atoms with E-state index in [0.29, 0.717) is 37.7 Å². The first-order chi connectivity index (χ1) is 13.5. The number of nitrogens with two attached hydrogens (primary N) is 1. The lowest BCUT2D eigenvalue weighted by Gasteiger charge is -2.29. The Balaban J connectivity index is 1.43. The van der Waals surface area contributed by atoms with Crippen LogP contribution in [0.25, 0.3) is 0 Å². The van der Waals surface area contributed by atoms with Crippen LogP contribution in [0.1, 0.15) is 6.42 Å². The van der Waals surface area contributed by atoms with Crippen LogP contribution in [-0.4, -0.2) is 62.1 Å². The maximum absolute atomic E-state index is 14.4. The molecule has 2 amide bonds. The van der Waals surface area contributed by atoms with Gasteiger partial charge in [-0.3, -0.25) is 4.99 Å². The first kappa shape index (κ1) is 18.4. The van der Waals surface area contributed by atoms with Gasteiger partial charge in [0.15, 0.2) is 5.83 Å². The summed E-state index contributed by atoms with van der Waals surface area (Å²) in [5, 5.41) is 15.0. The normalized spacial score (nSPS) is 31.0. The summed E-state index contributed by atoms with van der Waals surface area (Å²) >= 11 is 0. The number of likely N-dealkylation sites (tertiary alicyclic amines) is 1. The first-order valence-electron chi connectivity index (χ1n) is 9.29. The number of urea groups is 1. The minimum atomic E-state index is -0.611. The molecule has 0 aromatic rings. The predicted octanol–water partition coefficient (Wildman–Crippen LogP) is -0.685. The number of halogens is 1. The summed E-state index contributed by atoms with van der Waals surface area (Å²) in [4.78, 5) is 17.9. The van der Waals surface area contributed by atoms with Gasteiger partial charge in [0.2, 0.25) is 0 Å². The Bertz CT molecular complexity index is 829. The van der Waals surface area contributed by atoms with E-state index < -0.39 is 5.54 Å². The predicted molar refractivity (Wildman–Crippen MR) is 105 cm³/mol. The van der Waals surface area contributed by atoms with E-state index in [0.717, 1.165) is 11.1 Å². The van der Waals surface area contributed by atoms with Crippen LogP contribution in [0.3, 0.4) is 0 Å². The number of rotatable bonds is 3. The number of fused-ring (bicyclic) bond motifs is 1. The van der Waals surface area contributed by atoms with Gasteiger partial charge < -0.3 is 37.2 Å². The summed E-state index contributed by atoms with van der Waals surface area (Å²) in [6, 6.07) is -0.150. The fourth-order valence-corrected chi connectivity index (χ4v) is 3.70. The van der Waals surface area contributed by atoms with Crippen LogP contribution < -0.4 is 32.3 Å². The van der Waals surface area contributed by atoms with E-state index in [1.165, 1.54) is 0 Å². The fourth-order valence-electron chi connectivity index (χ4n) is 3.70. The number of carbonyl (C=O) groups excluding carboxylic acids is 1. The number of nitrogens with one attached hydrogen (secondary N) is 5. The van der Waals surface area contributed by atoms with Crippen molar-refractivity contribution in [1.82, 2.24) is 31.5 Å². The maximum Gasteiger partial charge on any atom is 0.317 e. The van der Waals surface area contributed by atoms with Crippen molar-refractivity contribution in [3.8, 4) is 0 Å². The van der Waals surface area contributed by atoms with E-state index in [2.05, 4.69) is 31.6 Å². The summed E-state index contributed by atoms with van der Waals surface area (Å²) in [5.41, 5.74) is 7.72. The molecular weight excluding hydrogens is 363 g/mol. The van der Waals surface area contributed by atoms with Gasteiger partial charge in [-0.05, 0) is 18.7 Å². The van der Waals surface area contributed by atoms with Gasteiger partial charge in [0.05, 0.1) is 12.1 Å². The van der Waals surface area contributed by atoms with Crippen LogP contribution in [0.5, 0.6) is 0 Å². The molecule has 150 valence electrons. The van der Waals surface area contributed by atoms with Gasteiger partial charge >= 0.3 is 6.03 Å². The van der Waals surface area contributed by atoms with Gasteiger partial charge in [-0.15, -0.1) is 0 Å². The molecule has 28 heavy (non-hydrogen) atoms. The Kier molecular flexibility index (Phi) is 4.71. The first-order valence-corrected chi connectivity index (χ1v) is 9.29. The average Bonchev–Trinajstić information content (AvgIpc) is 3.31. The van der Waals surface area contributed by atoms with Crippen molar-refractivity contribution in [1.29, 1.82) is 0 Å². The van der Waals surface area contributed by atoms with Crippen molar-refractivity contribution < 1.29 is 9.18 Å². The second-order valence-corrected chi connectivity index (χ2v) is 7.32.